The molecule has 0 fully saturated rings. The van der Waals surface area contributed by atoms with Crippen LogP contribution in [0.4, 0.5) is 0 Å². The number of thioether (sulfide) groups is 1. The Morgan fingerprint density at radius 3 is 2.51 bits per heavy atom. The van der Waals surface area contributed by atoms with Crippen LogP contribution in [0.1, 0.15) is 12.0 Å². The zero-order valence-electron chi connectivity index (χ0n) is 20.3. The van der Waals surface area contributed by atoms with Crippen molar-refractivity contribution in [1.29, 1.82) is 5.41 Å². The second-order valence-electron chi connectivity index (χ2n) is 7.80. The van der Waals surface area contributed by atoms with Crippen LogP contribution in [0.3, 0.4) is 0 Å². The lowest BCUT2D eigenvalue weighted by molar-refractivity contribution is -0.114. The van der Waals surface area contributed by atoms with Crippen LogP contribution in [-0.2, 0) is 14.6 Å². The summed E-state index contributed by atoms with van der Waals surface area (Å²) in [5, 5.41) is 13.4. The second kappa shape index (κ2) is 11.0. The van der Waals surface area contributed by atoms with Crippen molar-refractivity contribution in [2.45, 2.75) is 6.42 Å². The Labute approximate surface area is 218 Å². The number of fused-ring (bicyclic) bond motifs is 1. The Bertz CT molecular complexity index is 1430. The molecule has 2 aromatic carbocycles. The third-order valence-electron chi connectivity index (χ3n) is 5.11. The summed E-state index contributed by atoms with van der Waals surface area (Å²) in [4.78, 5) is 16.4. The largest absolute Gasteiger partial charge is 0.497 e. The van der Waals surface area contributed by atoms with Crippen LogP contribution < -0.4 is 18.9 Å². The zero-order valence-corrected chi connectivity index (χ0v) is 21.9. The van der Waals surface area contributed by atoms with Crippen LogP contribution in [0.5, 0.6) is 23.0 Å². The number of hydrazone groups is 1. The first-order valence-electron chi connectivity index (χ1n) is 11.0. The van der Waals surface area contributed by atoms with Gasteiger partial charge >= 0.3 is 0 Å². The van der Waals surface area contributed by atoms with Crippen molar-refractivity contribution in [3.8, 4) is 23.0 Å². The molecule has 194 valence electrons. The number of aliphatic imine (C=N–C) groups is 1. The Kier molecular flexibility index (Phi) is 7.83. The SMILES string of the molecule is COc1cccc(OCCCOc2ccc(/C=C3\C(=N)N4N=C(S(C)(=O)=O)SC4=NC3=O)cc2OC)c1. The minimum Gasteiger partial charge on any atom is -0.497 e. The molecule has 2 aliphatic rings. The van der Waals surface area contributed by atoms with E-state index < -0.39 is 15.7 Å². The molecule has 0 spiro atoms. The molecule has 0 aromatic heterocycles. The molecule has 2 aliphatic heterocycles. The maximum absolute atomic E-state index is 12.6. The Morgan fingerprint density at radius 2 is 1.78 bits per heavy atom. The maximum Gasteiger partial charge on any atom is 0.283 e. The second-order valence-corrected chi connectivity index (χ2v) is 10.9. The first-order valence-corrected chi connectivity index (χ1v) is 13.7. The predicted molar refractivity (Wildman–Crippen MR) is 141 cm³/mol. The molecule has 13 heteroatoms. The summed E-state index contributed by atoms with van der Waals surface area (Å²) in [5.74, 6) is 1.45. The van der Waals surface area contributed by atoms with E-state index in [2.05, 4.69) is 10.1 Å². The molecule has 0 saturated carbocycles. The number of sulfone groups is 1. The lowest BCUT2D eigenvalue weighted by Crippen LogP contribution is -2.35. The number of ether oxygens (including phenoxy) is 4. The van der Waals surface area contributed by atoms with E-state index in [9.17, 15) is 13.2 Å². The highest BCUT2D eigenvalue weighted by molar-refractivity contribution is 8.42. The molecule has 2 aromatic rings. The number of carbonyl (C=O) groups excluding carboxylic acids is 1. The summed E-state index contributed by atoms with van der Waals surface area (Å²) in [7, 11) is -0.505. The minimum atomic E-state index is -3.60. The highest BCUT2D eigenvalue weighted by Crippen LogP contribution is 2.32. The number of amides is 1. The predicted octanol–water partition coefficient (Wildman–Crippen LogP) is 3.17. The molecule has 4 rings (SSSR count). The summed E-state index contributed by atoms with van der Waals surface area (Å²) < 4.78 is 45.5. The summed E-state index contributed by atoms with van der Waals surface area (Å²) in [5.41, 5.74) is 0.532. The number of amidine groups is 2. The van der Waals surface area contributed by atoms with Crippen LogP contribution in [0.15, 0.2) is 58.1 Å². The minimum absolute atomic E-state index is 0.0317. The Hall–Kier alpha value is -3.84. The molecule has 1 amide bonds. The van der Waals surface area contributed by atoms with Crippen LogP contribution in [0.25, 0.3) is 6.08 Å². The van der Waals surface area contributed by atoms with E-state index in [1.807, 2.05) is 18.2 Å². The smallest absolute Gasteiger partial charge is 0.283 e. The van der Waals surface area contributed by atoms with Gasteiger partial charge in [0.25, 0.3) is 5.91 Å². The first kappa shape index (κ1) is 26.2. The Morgan fingerprint density at radius 1 is 1.03 bits per heavy atom. The number of nitrogens with one attached hydrogen (secondary N) is 1. The van der Waals surface area contributed by atoms with Crippen molar-refractivity contribution in [2.75, 3.05) is 33.7 Å². The van der Waals surface area contributed by atoms with E-state index in [1.165, 1.54) is 13.2 Å². The summed E-state index contributed by atoms with van der Waals surface area (Å²) >= 11 is 0.735. The van der Waals surface area contributed by atoms with Gasteiger partial charge in [-0.1, -0.05) is 12.1 Å². The molecule has 0 unspecified atom stereocenters. The molecule has 1 N–H and O–H groups in total. The van der Waals surface area contributed by atoms with Gasteiger partial charge in [-0.3, -0.25) is 10.2 Å². The van der Waals surface area contributed by atoms with Gasteiger partial charge in [0.15, 0.2) is 17.3 Å². The quantitative estimate of drug-likeness (QED) is 0.372. The van der Waals surface area contributed by atoms with Crippen LogP contribution in [0, 0.1) is 5.41 Å². The van der Waals surface area contributed by atoms with Gasteiger partial charge in [-0.05, 0) is 47.7 Å². The number of hydrogen-bond donors (Lipinski definition) is 1. The van der Waals surface area contributed by atoms with Crippen molar-refractivity contribution >= 4 is 49.0 Å². The third-order valence-corrected chi connectivity index (χ3v) is 7.69. The molecule has 0 bridgehead atoms. The van der Waals surface area contributed by atoms with Crippen LogP contribution in [-0.4, -0.2) is 68.4 Å². The average molecular weight is 545 g/mol. The van der Waals surface area contributed by atoms with Crippen molar-refractivity contribution in [3.63, 3.8) is 0 Å². The zero-order chi connectivity index (χ0) is 26.6. The standard InChI is InChI=1S/C24H24N4O7S2/c1-32-16-6-4-7-17(14-16)34-10-5-11-35-19-9-8-15(13-20(19)33-2)12-18-21(25)28-23(26-22(18)29)36-24(27-28)37(3,30)31/h4,6-9,12-14,25H,5,10-11H2,1-3H3/b18-12+,25-21?. The molecule has 2 heterocycles. The first-order chi connectivity index (χ1) is 17.7. The maximum atomic E-state index is 12.6. The number of rotatable bonds is 9. The number of methoxy groups -OCH3 is 2. The van der Waals surface area contributed by atoms with Crippen molar-refractivity contribution < 1.29 is 32.2 Å². The lowest BCUT2D eigenvalue weighted by atomic mass is 10.1. The average Bonchev–Trinajstić information content (AvgIpc) is 3.32. The summed E-state index contributed by atoms with van der Waals surface area (Å²) in [6.45, 7) is 0.833. The van der Waals surface area contributed by atoms with Crippen molar-refractivity contribution in [1.82, 2.24) is 5.01 Å². The van der Waals surface area contributed by atoms with E-state index in [1.54, 1.807) is 31.4 Å². The van der Waals surface area contributed by atoms with Gasteiger partial charge in [0.1, 0.15) is 11.5 Å². The molecule has 0 saturated heterocycles. The fourth-order valence-electron chi connectivity index (χ4n) is 3.31. The van der Waals surface area contributed by atoms with Crippen LogP contribution >= 0.6 is 11.8 Å². The molecule has 11 nitrogen and oxygen atoms in total. The van der Waals surface area contributed by atoms with E-state index in [0.29, 0.717) is 42.4 Å². The molecule has 0 radical (unpaired) electrons. The molecule has 0 aliphatic carbocycles. The van der Waals surface area contributed by atoms with Crippen molar-refractivity contribution in [2.24, 2.45) is 10.1 Å². The number of hydrogen-bond acceptors (Lipinski definition) is 10. The van der Waals surface area contributed by atoms with E-state index in [0.717, 1.165) is 28.8 Å². The van der Waals surface area contributed by atoms with Gasteiger partial charge in [0.2, 0.25) is 19.4 Å². The highest BCUT2D eigenvalue weighted by Gasteiger charge is 2.38. The van der Waals surface area contributed by atoms with E-state index in [-0.39, 0.29) is 21.0 Å². The number of benzene rings is 2. The Balaban J connectivity index is 1.40. The topological polar surface area (TPSA) is 140 Å². The molecule has 0 atom stereocenters. The van der Waals surface area contributed by atoms with E-state index in [4.69, 9.17) is 24.4 Å². The third kappa shape index (κ3) is 6.12. The summed E-state index contributed by atoms with van der Waals surface area (Å²) in [6.07, 6.45) is 3.10. The number of carbonyl (C=O) groups is 1. The van der Waals surface area contributed by atoms with Gasteiger partial charge in [-0.15, -0.1) is 5.10 Å². The summed E-state index contributed by atoms with van der Waals surface area (Å²) in [6, 6.07) is 12.4. The van der Waals surface area contributed by atoms with Gasteiger partial charge in [-0.25, -0.2) is 8.42 Å². The molecular weight excluding hydrogens is 520 g/mol. The normalized spacial score (nSPS) is 16.3. The monoisotopic (exact) mass is 544 g/mol. The van der Waals surface area contributed by atoms with Crippen LogP contribution in [0.2, 0.25) is 0 Å². The lowest BCUT2D eigenvalue weighted by Gasteiger charge is -2.20. The fourth-order valence-corrected chi connectivity index (χ4v) is 4.99. The van der Waals surface area contributed by atoms with Gasteiger partial charge in [-0.2, -0.15) is 10.0 Å². The number of nitrogens with zero attached hydrogens (tertiary/aromatic N) is 3. The molecular formula is C24H24N4O7S2. The van der Waals surface area contributed by atoms with E-state index >= 15 is 0 Å². The van der Waals surface area contributed by atoms with Crippen molar-refractivity contribution in [3.05, 3.63) is 53.6 Å². The molecule has 37 heavy (non-hydrogen) atoms. The highest BCUT2D eigenvalue weighted by atomic mass is 32.3. The van der Waals surface area contributed by atoms with Gasteiger partial charge in [0, 0.05) is 18.7 Å². The van der Waals surface area contributed by atoms with Gasteiger partial charge < -0.3 is 18.9 Å². The fraction of sp³-hybridized carbons (Fsp3) is 0.250. The van der Waals surface area contributed by atoms with Gasteiger partial charge in [0.05, 0.1) is 33.0 Å².